The summed E-state index contributed by atoms with van der Waals surface area (Å²) in [5.74, 6) is 1.86. The van der Waals surface area contributed by atoms with Crippen LogP contribution in [-0.2, 0) is 4.74 Å². The molecule has 3 saturated heterocycles. The van der Waals surface area contributed by atoms with Crippen molar-refractivity contribution in [1.82, 2.24) is 15.1 Å². The van der Waals surface area contributed by atoms with Crippen molar-refractivity contribution in [2.45, 2.75) is 71.4 Å². The zero-order valence-corrected chi connectivity index (χ0v) is 25.4. The fourth-order valence-corrected chi connectivity index (χ4v) is 6.83. The number of methoxy groups -OCH3 is 1. The summed E-state index contributed by atoms with van der Waals surface area (Å²) in [5, 5.41) is 6.46. The Balaban J connectivity index is 0.000000477. The van der Waals surface area contributed by atoms with Crippen LogP contribution in [0.1, 0.15) is 57.9 Å². The normalized spacial score (nSPS) is 24.0. The summed E-state index contributed by atoms with van der Waals surface area (Å²) in [7, 11) is 3.91. The summed E-state index contributed by atoms with van der Waals surface area (Å²) in [6.07, 6.45) is 9.35. The molecule has 6 heteroatoms. The third-order valence-corrected chi connectivity index (χ3v) is 8.93. The number of allylic oxidation sites excluding steroid dienone is 1. The number of nitrogens with one attached hydrogen (secondary N) is 1. The van der Waals surface area contributed by atoms with Crippen LogP contribution in [0.15, 0.2) is 64.5 Å². The Hall–Kier alpha value is -2.83. The molecule has 2 atom stereocenters. The second-order valence-electron chi connectivity index (χ2n) is 12.0. The minimum absolute atomic E-state index is 0.574. The van der Waals surface area contributed by atoms with Crippen molar-refractivity contribution in [1.29, 1.82) is 0 Å². The minimum Gasteiger partial charge on any atom is -0.481 e. The van der Waals surface area contributed by atoms with Gasteiger partial charge in [0, 0.05) is 49.3 Å². The van der Waals surface area contributed by atoms with Gasteiger partial charge in [0.2, 0.25) is 5.88 Å². The molecule has 0 radical (unpaired) electrons. The van der Waals surface area contributed by atoms with Gasteiger partial charge in [-0.05, 0) is 107 Å². The lowest BCUT2D eigenvalue weighted by molar-refractivity contribution is 0.272. The summed E-state index contributed by atoms with van der Waals surface area (Å²) in [4.78, 5) is 12.6. The van der Waals surface area contributed by atoms with Gasteiger partial charge in [0.05, 0.1) is 7.11 Å². The number of aliphatic imine (C=N–C) groups is 1. The average Bonchev–Trinajstić information content (AvgIpc) is 3.58. The summed E-state index contributed by atoms with van der Waals surface area (Å²) in [6, 6.07) is 14.4. The molecule has 0 saturated carbocycles. The number of rotatable bonds is 5. The molecule has 0 aromatic heterocycles. The average molecular weight is 544 g/mol. The van der Waals surface area contributed by atoms with Crippen LogP contribution in [0, 0.1) is 6.92 Å². The number of benzene rings is 2. The quantitative estimate of drug-likeness (QED) is 0.280. The molecule has 0 amide bonds. The summed E-state index contributed by atoms with van der Waals surface area (Å²) >= 11 is 0. The lowest BCUT2D eigenvalue weighted by Crippen LogP contribution is -2.54. The highest BCUT2D eigenvalue weighted by molar-refractivity contribution is 6.01. The van der Waals surface area contributed by atoms with Crippen LogP contribution in [-0.4, -0.2) is 81.1 Å². The van der Waals surface area contributed by atoms with Gasteiger partial charge in [-0.1, -0.05) is 37.3 Å². The molecule has 4 heterocycles. The van der Waals surface area contributed by atoms with Gasteiger partial charge in [0.25, 0.3) is 0 Å². The van der Waals surface area contributed by atoms with Gasteiger partial charge in [-0.15, -0.1) is 0 Å². The van der Waals surface area contributed by atoms with Crippen molar-refractivity contribution in [2.75, 3.05) is 58.3 Å². The maximum absolute atomic E-state index is 5.66. The van der Waals surface area contributed by atoms with Crippen LogP contribution in [0.3, 0.4) is 0 Å². The zero-order valence-electron chi connectivity index (χ0n) is 25.4. The van der Waals surface area contributed by atoms with Gasteiger partial charge in [0.1, 0.15) is 5.84 Å². The van der Waals surface area contributed by atoms with E-state index in [0.717, 1.165) is 50.7 Å². The number of fused-ring (bicyclic) bond motifs is 3. The van der Waals surface area contributed by atoms with E-state index < -0.39 is 0 Å². The SMILES string of the molecule is CC/C=C(/N=C(\C1=C(C)CN(c2cccc3cccc(C)c23)CC1)N1CC2CCC(C1)N2)OC.CN1CCCC1. The Bertz CT molecular complexity index is 1240. The van der Waals surface area contributed by atoms with Crippen molar-refractivity contribution in [3.63, 3.8) is 0 Å². The molecule has 0 aliphatic carbocycles. The number of hydrogen-bond acceptors (Lipinski definition) is 5. The minimum atomic E-state index is 0.574. The predicted molar refractivity (Wildman–Crippen MR) is 169 cm³/mol. The highest BCUT2D eigenvalue weighted by atomic mass is 16.5. The van der Waals surface area contributed by atoms with Gasteiger partial charge >= 0.3 is 0 Å². The monoisotopic (exact) mass is 543 g/mol. The van der Waals surface area contributed by atoms with Crippen LogP contribution in [0.5, 0.6) is 0 Å². The van der Waals surface area contributed by atoms with Crippen molar-refractivity contribution in [2.24, 2.45) is 4.99 Å². The molecule has 4 aliphatic rings. The third-order valence-electron chi connectivity index (χ3n) is 8.93. The number of ether oxygens (including phenoxy) is 1. The lowest BCUT2D eigenvalue weighted by atomic mass is 9.96. The molecule has 6 nitrogen and oxygen atoms in total. The molecule has 6 rings (SSSR count). The molecule has 3 fully saturated rings. The maximum atomic E-state index is 5.66. The number of amidine groups is 1. The topological polar surface area (TPSA) is 43.3 Å². The van der Waals surface area contributed by atoms with E-state index in [1.165, 1.54) is 71.9 Å². The van der Waals surface area contributed by atoms with Gasteiger partial charge in [-0.25, -0.2) is 0 Å². The van der Waals surface area contributed by atoms with Crippen molar-refractivity contribution in [3.05, 3.63) is 65.1 Å². The number of anilines is 1. The van der Waals surface area contributed by atoms with Gasteiger partial charge in [0.15, 0.2) is 0 Å². The number of piperazine rings is 1. The highest BCUT2D eigenvalue weighted by Gasteiger charge is 2.35. The third kappa shape index (κ3) is 6.55. The number of nitrogens with zero attached hydrogens (tertiary/aromatic N) is 4. The first-order valence-electron chi connectivity index (χ1n) is 15.4. The Kier molecular flexibility index (Phi) is 9.48. The van der Waals surface area contributed by atoms with E-state index in [1.54, 1.807) is 7.11 Å². The fourth-order valence-electron chi connectivity index (χ4n) is 6.83. The van der Waals surface area contributed by atoms with E-state index >= 15 is 0 Å². The standard InChI is InChI=1S/C29H38N4O.C5H11N/c1-5-8-27(34-4)31-29(33-18-23-13-14-24(19-33)30-23)25-15-16-32(17-21(25)3)26-12-7-11-22-10-6-9-20(2)28(22)26;1-6-4-2-3-5-6/h6-12,23-24,30H,5,13-19H2,1-4H3;2-5H2,1H3/b27-8-,31-29+;. The van der Waals surface area contributed by atoms with Crippen molar-refractivity contribution >= 4 is 22.3 Å². The summed E-state index contributed by atoms with van der Waals surface area (Å²) in [6.45, 7) is 13.3. The van der Waals surface area contributed by atoms with Crippen molar-refractivity contribution < 1.29 is 4.74 Å². The molecule has 2 bridgehead atoms. The summed E-state index contributed by atoms with van der Waals surface area (Å²) in [5.41, 5.74) is 5.49. The van der Waals surface area contributed by atoms with Crippen LogP contribution < -0.4 is 10.2 Å². The van der Waals surface area contributed by atoms with E-state index in [9.17, 15) is 0 Å². The molecule has 2 aromatic rings. The Morgan fingerprint density at radius 2 is 1.73 bits per heavy atom. The smallest absolute Gasteiger partial charge is 0.210 e. The number of hydrogen-bond donors (Lipinski definition) is 1. The maximum Gasteiger partial charge on any atom is 0.210 e. The van der Waals surface area contributed by atoms with E-state index in [2.05, 4.69) is 90.3 Å². The van der Waals surface area contributed by atoms with Crippen LogP contribution in [0.25, 0.3) is 10.8 Å². The number of aryl methyl sites for hydroxylation is 1. The molecule has 4 aliphatic heterocycles. The largest absolute Gasteiger partial charge is 0.481 e. The van der Waals surface area contributed by atoms with Crippen LogP contribution in [0.4, 0.5) is 5.69 Å². The van der Waals surface area contributed by atoms with E-state index in [4.69, 9.17) is 9.73 Å². The predicted octanol–water partition coefficient (Wildman–Crippen LogP) is 6.12. The Labute approximate surface area is 241 Å². The first kappa shape index (κ1) is 28.7. The lowest BCUT2D eigenvalue weighted by Gasteiger charge is -2.39. The molecular formula is C34H49N5O. The highest BCUT2D eigenvalue weighted by Crippen LogP contribution is 2.34. The molecule has 2 unspecified atom stereocenters. The van der Waals surface area contributed by atoms with Gasteiger partial charge in [-0.3, -0.25) is 0 Å². The second kappa shape index (κ2) is 13.2. The molecular weight excluding hydrogens is 494 g/mol. The zero-order chi connectivity index (χ0) is 28.1. The molecule has 40 heavy (non-hydrogen) atoms. The Morgan fingerprint density at radius 1 is 1.02 bits per heavy atom. The van der Waals surface area contributed by atoms with Crippen LogP contribution in [0.2, 0.25) is 0 Å². The number of likely N-dealkylation sites (tertiary alicyclic amines) is 2. The first-order chi connectivity index (χ1) is 19.5. The van der Waals surface area contributed by atoms with Gasteiger partial charge < -0.3 is 24.8 Å². The molecule has 216 valence electrons. The fraction of sp³-hybridized carbons (Fsp3) is 0.559. The molecule has 2 aromatic carbocycles. The Morgan fingerprint density at radius 3 is 2.33 bits per heavy atom. The van der Waals surface area contributed by atoms with E-state index in [-0.39, 0.29) is 0 Å². The first-order valence-corrected chi connectivity index (χ1v) is 15.4. The van der Waals surface area contributed by atoms with Crippen molar-refractivity contribution in [3.8, 4) is 0 Å². The second-order valence-corrected chi connectivity index (χ2v) is 12.0. The van der Waals surface area contributed by atoms with Gasteiger partial charge in [-0.2, -0.15) is 4.99 Å². The van der Waals surface area contributed by atoms with Crippen LogP contribution >= 0.6 is 0 Å². The molecule has 0 spiro atoms. The molecule has 1 N–H and O–H groups in total. The van der Waals surface area contributed by atoms with E-state index in [0.29, 0.717) is 12.1 Å². The van der Waals surface area contributed by atoms with E-state index in [1.807, 2.05) is 0 Å². The summed E-state index contributed by atoms with van der Waals surface area (Å²) < 4.78 is 5.66.